The first-order valence-electron chi connectivity index (χ1n) is 4.64. The summed E-state index contributed by atoms with van der Waals surface area (Å²) in [5, 5.41) is 20.6. The van der Waals surface area contributed by atoms with E-state index in [0.717, 1.165) is 11.4 Å². The maximum absolute atomic E-state index is 8.82. The molecule has 1 aromatic rings. The van der Waals surface area contributed by atoms with Gasteiger partial charge in [0.2, 0.25) is 0 Å². The van der Waals surface area contributed by atoms with Crippen molar-refractivity contribution in [2.24, 2.45) is 0 Å². The summed E-state index contributed by atoms with van der Waals surface area (Å²) in [7, 11) is 0. The number of aromatic nitrogens is 1. The van der Waals surface area contributed by atoms with Crippen molar-refractivity contribution >= 4 is 0 Å². The smallest absolute Gasteiger partial charge is 0.0607 e. The SMILES string of the molecule is Cc1cccc(CNC(CO)CO)n1. The van der Waals surface area contributed by atoms with Crippen LogP contribution in [-0.2, 0) is 6.54 Å². The molecule has 1 aromatic heterocycles. The van der Waals surface area contributed by atoms with Crippen molar-refractivity contribution in [3.8, 4) is 0 Å². The molecule has 0 aliphatic rings. The summed E-state index contributed by atoms with van der Waals surface area (Å²) in [6.07, 6.45) is 0. The molecule has 0 fully saturated rings. The van der Waals surface area contributed by atoms with Crippen LogP contribution >= 0.6 is 0 Å². The zero-order valence-electron chi connectivity index (χ0n) is 8.27. The molecule has 0 atom stereocenters. The van der Waals surface area contributed by atoms with E-state index >= 15 is 0 Å². The van der Waals surface area contributed by atoms with Crippen molar-refractivity contribution < 1.29 is 10.2 Å². The molecule has 14 heavy (non-hydrogen) atoms. The molecule has 0 radical (unpaired) electrons. The molecule has 78 valence electrons. The molecule has 0 amide bonds. The summed E-state index contributed by atoms with van der Waals surface area (Å²) < 4.78 is 0. The van der Waals surface area contributed by atoms with Crippen LogP contribution in [0, 0.1) is 6.92 Å². The van der Waals surface area contributed by atoms with E-state index in [9.17, 15) is 0 Å². The third-order valence-corrected chi connectivity index (χ3v) is 1.96. The number of nitrogens with zero attached hydrogens (tertiary/aromatic N) is 1. The second kappa shape index (κ2) is 5.70. The van der Waals surface area contributed by atoms with Crippen LogP contribution in [0.25, 0.3) is 0 Å². The number of pyridine rings is 1. The summed E-state index contributed by atoms with van der Waals surface area (Å²) in [5.41, 5.74) is 1.88. The molecule has 0 saturated heterocycles. The molecule has 0 aliphatic heterocycles. The Morgan fingerprint density at radius 1 is 1.36 bits per heavy atom. The fraction of sp³-hybridized carbons (Fsp3) is 0.500. The second-order valence-corrected chi connectivity index (χ2v) is 3.21. The van der Waals surface area contributed by atoms with Gasteiger partial charge < -0.3 is 15.5 Å². The maximum atomic E-state index is 8.82. The van der Waals surface area contributed by atoms with Gasteiger partial charge >= 0.3 is 0 Å². The van der Waals surface area contributed by atoms with Crippen molar-refractivity contribution in [2.45, 2.75) is 19.5 Å². The molecule has 0 aliphatic carbocycles. The van der Waals surface area contributed by atoms with Gasteiger partial charge in [0, 0.05) is 12.2 Å². The minimum atomic E-state index is -0.266. The normalized spacial score (nSPS) is 10.9. The Kier molecular flexibility index (Phi) is 4.52. The van der Waals surface area contributed by atoms with E-state index in [4.69, 9.17) is 10.2 Å². The summed E-state index contributed by atoms with van der Waals surface area (Å²) >= 11 is 0. The van der Waals surface area contributed by atoms with E-state index in [0.29, 0.717) is 6.54 Å². The molecule has 0 saturated carbocycles. The zero-order valence-corrected chi connectivity index (χ0v) is 8.27. The molecular weight excluding hydrogens is 180 g/mol. The topological polar surface area (TPSA) is 65.4 Å². The summed E-state index contributed by atoms with van der Waals surface area (Å²) in [5.74, 6) is 0. The molecule has 0 spiro atoms. The van der Waals surface area contributed by atoms with Crippen LogP contribution in [0.5, 0.6) is 0 Å². The highest BCUT2D eigenvalue weighted by molar-refractivity contribution is 5.09. The Hall–Kier alpha value is -0.970. The van der Waals surface area contributed by atoms with E-state index in [-0.39, 0.29) is 19.3 Å². The minimum Gasteiger partial charge on any atom is -0.395 e. The van der Waals surface area contributed by atoms with Crippen LogP contribution < -0.4 is 5.32 Å². The highest BCUT2D eigenvalue weighted by Gasteiger charge is 2.04. The molecule has 4 heteroatoms. The highest BCUT2D eigenvalue weighted by atomic mass is 16.3. The van der Waals surface area contributed by atoms with Crippen LogP contribution in [-0.4, -0.2) is 34.5 Å². The first-order chi connectivity index (χ1) is 6.76. The van der Waals surface area contributed by atoms with Crippen LogP contribution in [0.4, 0.5) is 0 Å². The van der Waals surface area contributed by atoms with Crippen LogP contribution in [0.1, 0.15) is 11.4 Å². The molecule has 3 N–H and O–H groups in total. The number of nitrogens with one attached hydrogen (secondary N) is 1. The lowest BCUT2D eigenvalue weighted by Gasteiger charge is -2.12. The van der Waals surface area contributed by atoms with Crippen LogP contribution in [0.3, 0.4) is 0 Å². The third kappa shape index (κ3) is 3.41. The Labute approximate surface area is 83.6 Å². The number of rotatable bonds is 5. The van der Waals surface area contributed by atoms with Gasteiger partial charge in [0.25, 0.3) is 0 Å². The highest BCUT2D eigenvalue weighted by Crippen LogP contribution is 1.97. The van der Waals surface area contributed by atoms with Gasteiger partial charge in [0.05, 0.1) is 24.9 Å². The molecule has 1 rings (SSSR count). The number of aliphatic hydroxyl groups excluding tert-OH is 2. The Balaban J connectivity index is 2.44. The number of aryl methyl sites for hydroxylation is 1. The molecule has 0 unspecified atom stereocenters. The Morgan fingerprint density at radius 2 is 2.07 bits per heavy atom. The average Bonchev–Trinajstić information content (AvgIpc) is 2.19. The predicted octanol–water partition coefficient (Wildman–Crippen LogP) is -0.167. The lowest BCUT2D eigenvalue weighted by Crippen LogP contribution is -2.35. The van der Waals surface area contributed by atoms with Gasteiger partial charge in [-0.05, 0) is 19.1 Å². The van der Waals surface area contributed by atoms with Gasteiger partial charge in [-0.25, -0.2) is 0 Å². The monoisotopic (exact) mass is 196 g/mol. The van der Waals surface area contributed by atoms with E-state index < -0.39 is 0 Å². The molecule has 0 bridgehead atoms. The fourth-order valence-electron chi connectivity index (χ4n) is 1.13. The number of aliphatic hydroxyl groups is 2. The van der Waals surface area contributed by atoms with Crippen LogP contribution in [0.15, 0.2) is 18.2 Å². The van der Waals surface area contributed by atoms with Gasteiger partial charge in [-0.3, -0.25) is 4.98 Å². The Bertz CT molecular complexity index is 275. The molecular formula is C10H16N2O2. The van der Waals surface area contributed by atoms with Crippen molar-refractivity contribution in [2.75, 3.05) is 13.2 Å². The van der Waals surface area contributed by atoms with Gasteiger partial charge in [-0.2, -0.15) is 0 Å². The summed E-state index contributed by atoms with van der Waals surface area (Å²) in [4.78, 5) is 4.29. The summed E-state index contributed by atoms with van der Waals surface area (Å²) in [6, 6.07) is 5.51. The molecule has 0 aromatic carbocycles. The zero-order chi connectivity index (χ0) is 10.4. The first-order valence-corrected chi connectivity index (χ1v) is 4.64. The van der Waals surface area contributed by atoms with Gasteiger partial charge in [-0.1, -0.05) is 6.07 Å². The molecule has 1 heterocycles. The van der Waals surface area contributed by atoms with Crippen molar-refractivity contribution in [3.05, 3.63) is 29.6 Å². The quantitative estimate of drug-likeness (QED) is 0.612. The predicted molar refractivity (Wildman–Crippen MR) is 53.8 cm³/mol. The third-order valence-electron chi connectivity index (χ3n) is 1.96. The van der Waals surface area contributed by atoms with Crippen LogP contribution in [0.2, 0.25) is 0 Å². The Morgan fingerprint density at radius 3 is 2.64 bits per heavy atom. The molecule has 4 nitrogen and oxygen atoms in total. The number of hydrogen-bond acceptors (Lipinski definition) is 4. The van der Waals surface area contributed by atoms with Gasteiger partial charge in [0.15, 0.2) is 0 Å². The van der Waals surface area contributed by atoms with Gasteiger partial charge in [0.1, 0.15) is 0 Å². The lowest BCUT2D eigenvalue weighted by atomic mass is 10.3. The van der Waals surface area contributed by atoms with Crippen molar-refractivity contribution in [1.29, 1.82) is 0 Å². The van der Waals surface area contributed by atoms with E-state index in [1.807, 2.05) is 25.1 Å². The first kappa shape index (κ1) is 11.1. The van der Waals surface area contributed by atoms with Crippen molar-refractivity contribution in [1.82, 2.24) is 10.3 Å². The fourth-order valence-corrected chi connectivity index (χ4v) is 1.13. The lowest BCUT2D eigenvalue weighted by molar-refractivity contribution is 0.170. The van der Waals surface area contributed by atoms with Crippen molar-refractivity contribution in [3.63, 3.8) is 0 Å². The van der Waals surface area contributed by atoms with E-state index in [2.05, 4.69) is 10.3 Å². The number of hydrogen-bond donors (Lipinski definition) is 3. The second-order valence-electron chi connectivity index (χ2n) is 3.21. The largest absolute Gasteiger partial charge is 0.395 e. The minimum absolute atomic E-state index is 0.0671. The van der Waals surface area contributed by atoms with Gasteiger partial charge in [-0.15, -0.1) is 0 Å². The maximum Gasteiger partial charge on any atom is 0.0607 e. The summed E-state index contributed by atoms with van der Waals surface area (Å²) in [6.45, 7) is 2.36. The van der Waals surface area contributed by atoms with E-state index in [1.54, 1.807) is 0 Å². The standard InChI is InChI=1S/C10H16N2O2/c1-8-3-2-4-9(12-8)5-11-10(6-13)7-14/h2-4,10-11,13-14H,5-7H2,1H3. The van der Waals surface area contributed by atoms with E-state index in [1.165, 1.54) is 0 Å². The average molecular weight is 196 g/mol.